The second kappa shape index (κ2) is 2.84. The van der Waals surface area contributed by atoms with E-state index in [1.807, 2.05) is 5.38 Å². The van der Waals surface area contributed by atoms with Crippen molar-refractivity contribution < 1.29 is 9.53 Å². The van der Waals surface area contributed by atoms with Gasteiger partial charge in [0.15, 0.2) is 10.8 Å². The molecule has 0 aromatic carbocycles. The molecule has 0 fully saturated rings. The standard InChI is InChI=1S/C7H8O2S/c1-5(8)6-3-4-10-7(6)9-2/h3-4H,1-2H3. The maximum absolute atomic E-state index is 10.8. The molecule has 54 valence electrons. The van der Waals surface area contributed by atoms with E-state index in [2.05, 4.69) is 0 Å². The summed E-state index contributed by atoms with van der Waals surface area (Å²) in [5.74, 6) is 0.0538. The van der Waals surface area contributed by atoms with Crippen molar-refractivity contribution in [1.29, 1.82) is 0 Å². The van der Waals surface area contributed by atoms with Gasteiger partial charge in [-0.3, -0.25) is 4.79 Å². The van der Waals surface area contributed by atoms with Crippen LogP contribution in [0.5, 0.6) is 5.06 Å². The molecule has 0 N–H and O–H groups in total. The van der Waals surface area contributed by atoms with Crippen LogP contribution >= 0.6 is 11.3 Å². The third-order valence-corrected chi connectivity index (χ3v) is 2.07. The molecule has 0 aliphatic rings. The number of hydrogen-bond acceptors (Lipinski definition) is 3. The summed E-state index contributed by atoms with van der Waals surface area (Å²) in [5, 5.41) is 2.54. The third kappa shape index (κ3) is 1.19. The van der Waals surface area contributed by atoms with Crippen molar-refractivity contribution in [3.8, 4) is 5.06 Å². The molecule has 1 aromatic rings. The summed E-state index contributed by atoms with van der Waals surface area (Å²) in [6, 6.07) is 1.77. The Morgan fingerprint density at radius 1 is 1.70 bits per heavy atom. The molecule has 0 aliphatic heterocycles. The van der Waals surface area contributed by atoms with E-state index < -0.39 is 0 Å². The Morgan fingerprint density at radius 2 is 2.40 bits per heavy atom. The quantitative estimate of drug-likeness (QED) is 0.612. The van der Waals surface area contributed by atoms with Crippen LogP contribution in [0.4, 0.5) is 0 Å². The minimum absolute atomic E-state index is 0.0538. The molecule has 0 amide bonds. The number of ether oxygens (including phenoxy) is 1. The molecule has 0 saturated carbocycles. The minimum Gasteiger partial charge on any atom is -0.487 e. The summed E-state index contributed by atoms with van der Waals surface area (Å²) in [5.41, 5.74) is 0.674. The van der Waals surface area contributed by atoms with E-state index >= 15 is 0 Å². The van der Waals surface area contributed by atoms with Gasteiger partial charge < -0.3 is 4.74 Å². The molecule has 0 unspecified atom stereocenters. The Hall–Kier alpha value is -0.830. The van der Waals surface area contributed by atoms with Gasteiger partial charge in [0.25, 0.3) is 0 Å². The van der Waals surface area contributed by atoms with E-state index in [0.717, 1.165) is 0 Å². The minimum atomic E-state index is 0.0538. The fraction of sp³-hybridized carbons (Fsp3) is 0.286. The van der Waals surface area contributed by atoms with Crippen molar-refractivity contribution >= 4 is 17.1 Å². The zero-order valence-electron chi connectivity index (χ0n) is 5.88. The molecule has 1 heterocycles. The topological polar surface area (TPSA) is 26.3 Å². The van der Waals surface area contributed by atoms with Crippen molar-refractivity contribution in [2.45, 2.75) is 6.92 Å². The summed E-state index contributed by atoms with van der Waals surface area (Å²) in [6.45, 7) is 1.53. The molecule has 3 heteroatoms. The normalized spacial score (nSPS) is 9.40. The number of hydrogen-bond donors (Lipinski definition) is 0. The van der Waals surface area contributed by atoms with Gasteiger partial charge in [0.1, 0.15) is 0 Å². The highest BCUT2D eigenvalue weighted by Crippen LogP contribution is 2.25. The molecular weight excluding hydrogens is 148 g/mol. The fourth-order valence-electron chi connectivity index (χ4n) is 0.715. The molecule has 2 nitrogen and oxygen atoms in total. The van der Waals surface area contributed by atoms with Crippen LogP contribution in [0.2, 0.25) is 0 Å². The lowest BCUT2D eigenvalue weighted by atomic mass is 10.2. The Balaban J connectivity index is 3.01. The van der Waals surface area contributed by atoms with Crippen molar-refractivity contribution in [3.05, 3.63) is 17.0 Å². The highest BCUT2D eigenvalue weighted by Gasteiger charge is 2.07. The Morgan fingerprint density at radius 3 is 2.80 bits per heavy atom. The van der Waals surface area contributed by atoms with Crippen molar-refractivity contribution in [1.82, 2.24) is 0 Å². The average Bonchev–Trinajstić information content (AvgIpc) is 2.33. The van der Waals surface area contributed by atoms with Crippen LogP contribution in [-0.4, -0.2) is 12.9 Å². The number of ketones is 1. The first-order valence-electron chi connectivity index (χ1n) is 2.88. The second-order valence-electron chi connectivity index (χ2n) is 1.88. The predicted octanol–water partition coefficient (Wildman–Crippen LogP) is 1.96. The average molecular weight is 156 g/mol. The SMILES string of the molecule is COc1sccc1C(C)=O. The lowest BCUT2D eigenvalue weighted by Gasteiger charge is -1.95. The van der Waals surface area contributed by atoms with Crippen LogP contribution in [0, 0.1) is 0 Å². The van der Waals surface area contributed by atoms with Gasteiger partial charge >= 0.3 is 0 Å². The predicted molar refractivity (Wildman–Crippen MR) is 40.9 cm³/mol. The molecular formula is C7H8O2S. The molecule has 0 aliphatic carbocycles. The molecule has 0 atom stereocenters. The summed E-state index contributed by atoms with van der Waals surface area (Å²) >= 11 is 1.43. The van der Waals surface area contributed by atoms with Crippen LogP contribution < -0.4 is 4.74 Å². The largest absolute Gasteiger partial charge is 0.487 e. The molecule has 0 saturated heterocycles. The molecule has 0 radical (unpaired) electrons. The number of rotatable bonds is 2. The van der Waals surface area contributed by atoms with Gasteiger partial charge in [-0.1, -0.05) is 0 Å². The van der Waals surface area contributed by atoms with Crippen LogP contribution in [0.15, 0.2) is 11.4 Å². The van der Waals surface area contributed by atoms with Gasteiger partial charge in [-0.25, -0.2) is 0 Å². The second-order valence-corrected chi connectivity index (χ2v) is 2.76. The van der Waals surface area contributed by atoms with Gasteiger partial charge in [-0.15, -0.1) is 11.3 Å². The van der Waals surface area contributed by atoms with E-state index in [0.29, 0.717) is 10.6 Å². The molecule has 0 spiro atoms. The third-order valence-electron chi connectivity index (χ3n) is 1.19. The molecule has 10 heavy (non-hydrogen) atoms. The Kier molecular flexibility index (Phi) is 2.06. The van der Waals surface area contributed by atoms with E-state index in [1.54, 1.807) is 13.2 Å². The fourth-order valence-corrected chi connectivity index (χ4v) is 1.48. The number of carbonyl (C=O) groups excluding carboxylic acids is 1. The first kappa shape index (κ1) is 7.28. The summed E-state index contributed by atoms with van der Waals surface area (Å²) in [7, 11) is 1.57. The van der Waals surface area contributed by atoms with Gasteiger partial charge in [-0.2, -0.15) is 0 Å². The van der Waals surface area contributed by atoms with Crippen LogP contribution in [0.3, 0.4) is 0 Å². The lowest BCUT2D eigenvalue weighted by Crippen LogP contribution is -1.91. The van der Waals surface area contributed by atoms with Crippen molar-refractivity contribution in [2.75, 3.05) is 7.11 Å². The number of thiophene rings is 1. The van der Waals surface area contributed by atoms with Crippen molar-refractivity contribution in [2.24, 2.45) is 0 Å². The number of carbonyl (C=O) groups is 1. The molecule has 1 aromatic heterocycles. The molecule has 1 rings (SSSR count). The first-order chi connectivity index (χ1) is 4.75. The highest BCUT2D eigenvalue weighted by atomic mass is 32.1. The van der Waals surface area contributed by atoms with E-state index in [9.17, 15) is 4.79 Å². The van der Waals surface area contributed by atoms with Crippen LogP contribution in [-0.2, 0) is 0 Å². The van der Waals surface area contributed by atoms with Gasteiger partial charge in [0.2, 0.25) is 0 Å². The zero-order valence-corrected chi connectivity index (χ0v) is 6.70. The van der Waals surface area contributed by atoms with Crippen LogP contribution in [0.1, 0.15) is 17.3 Å². The molecule has 0 bridgehead atoms. The first-order valence-corrected chi connectivity index (χ1v) is 3.76. The van der Waals surface area contributed by atoms with Gasteiger partial charge in [0.05, 0.1) is 12.7 Å². The Bertz CT molecular complexity index is 240. The number of methoxy groups -OCH3 is 1. The van der Waals surface area contributed by atoms with E-state index in [-0.39, 0.29) is 5.78 Å². The maximum Gasteiger partial charge on any atom is 0.184 e. The van der Waals surface area contributed by atoms with Crippen LogP contribution in [0.25, 0.3) is 0 Å². The Labute approximate surface area is 63.4 Å². The smallest absolute Gasteiger partial charge is 0.184 e. The highest BCUT2D eigenvalue weighted by molar-refractivity contribution is 7.12. The number of Topliss-reactive ketones (excluding diaryl/α,β-unsaturated/α-hetero) is 1. The van der Waals surface area contributed by atoms with Gasteiger partial charge in [-0.05, 0) is 18.4 Å². The summed E-state index contributed by atoms with van der Waals surface area (Å²) < 4.78 is 4.94. The summed E-state index contributed by atoms with van der Waals surface area (Å²) in [4.78, 5) is 10.8. The lowest BCUT2D eigenvalue weighted by molar-refractivity contribution is 0.101. The van der Waals surface area contributed by atoms with E-state index in [4.69, 9.17) is 4.74 Å². The monoisotopic (exact) mass is 156 g/mol. The van der Waals surface area contributed by atoms with E-state index in [1.165, 1.54) is 18.3 Å². The maximum atomic E-state index is 10.8. The van der Waals surface area contributed by atoms with Gasteiger partial charge in [0, 0.05) is 0 Å². The summed E-state index contributed by atoms with van der Waals surface area (Å²) in [6.07, 6.45) is 0. The zero-order chi connectivity index (χ0) is 7.56. The van der Waals surface area contributed by atoms with Crippen molar-refractivity contribution in [3.63, 3.8) is 0 Å².